The lowest BCUT2D eigenvalue weighted by Gasteiger charge is -2.24. The van der Waals surface area contributed by atoms with Gasteiger partial charge in [-0.2, -0.15) is 0 Å². The van der Waals surface area contributed by atoms with Gasteiger partial charge in [-0.05, 0) is 105 Å². The summed E-state index contributed by atoms with van der Waals surface area (Å²) in [5.41, 5.74) is 24.2. The first-order valence-corrected chi connectivity index (χ1v) is 23.5. The highest BCUT2D eigenvalue weighted by Crippen LogP contribution is 2.40. The predicted octanol–water partition coefficient (Wildman–Crippen LogP) is 10.5. The molecule has 0 aliphatic heterocycles. The number of thiazole rings is 2. The highest BCUT2D eigenvalue weighted by Gasteiger charge is 2.35. The second-order valence-corrected chi connectivity index (χ2v) is 20.5. The van der Waals surface area contributed by atoms with Crippen LogP contribution in [0.25, 0.3) is 29.5 Å². The van der Waals surface area contributed by atoms with E-state index >= 15 is 0 Å². The summed E-state index contributed by atoms with van der Waals surface area (Å²) < 4.78 is 0. The van der Waals surface area contributed by atoms with Gasteiger partial charge in [-0.1, -0.05) is 143 Å². The van der Waals surface area contributed by atoms with Gasteiger partial charge in [0, 0.05) is 22.7 Å². The van der Waals surface area contributed by atoms with Gasteiger partial charge in [-0.15, -0.1) is 45.3 Å². The van der Waals surface area contributed by atoms with Gasteiger partial charge in [-0.25, -0.2) is 9.97 Å². The van der Waals surface area contributed by atoms with Gasteiger partial charge >= 0.3 is 0 Å². The van der Waals surface area contributed by atoms with Crippen LogP contribution in [0.4, 0.5) is 0 Å². The molecule has 0 unspecified atom stereocenters. The fraction of sp³-hybridized carbons (Fsp3) is 0.240. The van der Waals surface area contributed by atoms with Crippen LogP contribution in [0.3, 0.4) is 0 Å². The maximum Gasteiger partial charge on any atom is 0.244 e. The number of benzene rings is 4. The summed E-state index contributed by atoms with van der Waals surface area (Å²) in [6, 6.07) is 23.6. The smallest absolute Gasteiger partial charge is 0.244 e. The third-order valence-corrected chi connectivity index (χ3v) is 16.1. The molecule has 58 heavy (non-hydrogen) atoms. The Bertz CT molecular complexity index is 2630. The topological polar surface area (TPSA) is 25.8 Å². The summed E-state index contributed by atoms with van der Waals surface area (Å²) in [7, 11) is 0. The maximum atomic E-state index is 5.24. The average Bonchev–Trinajstić information content (AvgIpc) is 3.96. The molecule has 8 rings (SSSR count). The van der Waals surface area contributed by atoms with Crippen LogP contribution in [0.15, 0.2) is 83.8 Å². The van der Waals surface area contributed by atoms with E-state index in [0.717, 1.165) is 10.0 Å². The molecule has 0 spiro atoms. The van der Waals surface area contributed by atoms with Crippen LogP contribution in [0.2, 0.25) is 0 Å². The Labute approximate surface area is 362 Å². The highest BCUT2D eigenvalue weighted by atomic mass is 32.1. The van der Waals surface area contributed by atoms with E-state index in [1.165, 1.54) is 119 Å². The van der Waals surface area contributed by atoms with Gasteiger partial charge in [0.1, 0.15) is 10.0 Å². The SMILES string of the molecule is Cc1cc(C)c(B(c2ccsc2-c2ncc(-c3cc(B(c4c(C)cc(C)cc4C)c4c(C)cc(C)cc4C)c(-c4nccs4)s3)s2)c2c(C)cc(C)cc2C)c(C)c1. The van der Waals surface area contributed by atoms with Crippen molar-refractivity contribution in [2.24, 2.45) is 0 Å². The van der Waals surface area contributed by atoms with Crippen LogP contribution in [-0.2, 0) is 0 Å². The van der Waals surface area contributed by atoms with Gasteiger partial charge in [0.15, 0.2) is 0 Å². The molecule has 0 atom stereocenters. The maximum absolute atomic E-state index is 5.24. The largest absolute Gasteiger partial charge is 0.244 e. The van der Waals surface area contributed by atoms with E-state index in [0.29, 0.717) is 0 Å². The number of aryl methyl sites for hydroxylation is 12. The lowest BCUT2D eigenvalue weighted by atomic mass is 9.34. The van der Waals surface area contributed by atoms with Crippen molar-refractivity contribution in [3.63, 3.8) is 0 Å². The molecule has 0 saturated heterocycles. The molecule has 8 aromatic rings. The Kier molecular flexibility index (Phi) is 11.2. The van der Waals surface area contributed by atoms with E-state index in [4.69, 9.17) is 9.97 Å². The quantitative estimate of drug-likeness (QED) is 0.136. The third-order valence-electron chi connectivity index (χ3n) is 11.8. The van der Waals surface area contributed by atoms with Crippen LogP contribution in [0.5, 0.6) is 0 Å². The average molecular weight is 829 g/mol. The van der Waals surface area contributed by atoms with E-state index < -0.39 is 0 Å². The van der Waals surface area contributed by atoms with Crippen LogP contribution in [0.1, 0.15) is 66.8 Å². The summed E-state index contributed by atoms with van der Waals surface area (Å²) >= 11 is 7.23. The lowest BCUT2D eigenvalue weighted by Crippen LogP contribution is -2.56. The van der Waals surface area contributed by atoms with Gasteiger partial charge in [-0.3, -0.25) is 0 Å². The Morgan fingerprint density at radius 3 is 1.24 bits per heavy atom. The first-order chi connectivity index (χ1) is 27.7. The predicted molar refractivity (Wildman–Crippen MR) is 262 cm³/mol. The molecular weight excluding hydrogens is 778 g/mol. The van der Waals surface area contributed by atoms with Gasteiger partial charge in [0.05, 0.1) is 14.6 Å². The summed E-state index contributed by atoms with van der Waals surface area (Å²) in [5, 5.41) is 6.52. The van der Waals surface area contributed by atoms with E-state index in [1.54, 1.807) is 11.3 Å². The molecule has 4 aromatic carbocycles. The fourth-order valence-electron chi connectivity index (χ4n) is 9.95. The molecule has 0 radical (unpaired) electrons. The molecule has 0 bridgehead atoms. The molecule has 0 saturated carbocycles. The number of hydrogen-bond acceptors (Lipinski definition) is 6. The Morgan fingerprint density at radius 1 is 0.397 bits per heavy atom. The number of rotatable bonds is 9. The Hall–Kier alpha value is -4.33. The zero-order valence-corrected chi connectivity index (χ0v) is 39.0. The summed E-state index contributed by atoms with van der Waals surface area (Å²) in [5.74, 6) is 0. The zero-order chi connectivity index (χ0) is 41.2. The number of aromatic nitrogens is 2. The lowest BCUT2D eigenvalue weighted by molar-refractivity contribution is 1.34. The second kappa shape index (κ2) is 16.0. The molecule has 2 nitrogen and oxygen atoms in total. The van der Waals surface area contributed by atoms with Crippen molar-refractivity contribution >= 4 is 91.5 Å². The van der Waals surface area contributed by atoms with Crippen LogP contribution < -0.4 is 32.8 Å². The normalized spacial score (nSPS) is 11.4. The van der Waals surface area contributed by atoms with Crippen LogP contribution in [0, 0.1) is 83.1 Å². The molecular formula is C50H50B2N2S4. The molecule has 4 heterocycles. The minimum absolute atomic E-state index is 0.0594. The van der Waals surface area contributed by atoms with E-state index in [9.17, 15) is 0 Å². The summed E-state index contributed by atoms with van der Waals surface area (Å²) in [6.45, 7) is 27.3. The van der Waals surface area contributed by atoms with Crippen molar-refractivity contribution in [1.82, 2.24) is 9.97 Å². The van der Waals surface area contributed by atoms with Crippen molar-refractivity contribution in [3.8, 4) is 29.5 Å². The molecule has 0 aliphatic carbocycles. The van der Waals surface area contributed by atoms with E-state index in [-0.39, 0.29) is 13.4 Å². The second-order valence-electron chi connectivity index (χ2n) is 16.6. The van der Waals surface area contributed by atoms with Gasteiger partial charge in [0.2, 0.25) is 13.4 Å². The molecule has 0 amide bonds. The third kappa shape index (κ3) is 7.42. The first-order valence-electron chi connectivity index (χ1n) is 20.1. The number of thiophene rings is 2. The molecule has 290 valence electrons. The van der Waals surface area contributed by atoms with Crippen molar-refractivity contribution in [2.45, 2.75) is 83.1 Å². The minimum Gasteiger partial charge on any atom is -0.244 e. The minimum atomic E-state index is 0.0594. The highest BCUT2D eigenvalue weighted by molar-refractivity contribution is 7.29. The fourth-order valence-corrected chi connectivity index (χ4v) is 13.9. The van der Waals surface area contributed by atoms with Gasteiger partial charge in [0.25, 0.3) is 0 Å². The number of hydrogen-bond donors (Lipinski definition) is 0. The Balaban J connectivity index is 1.31. The van der Waals surface area contributed by atoms with Crippen molar-refractivity contribution in [1.29, 1.82) is 0 Å². The monoisotopic (exact) mass is 828 g/mol. The van der Waals surface area contributed by atoms with Crippen LogP contribution >= 0.6 is 45.3 Å². The zero-order valence-electron chi connectivity index (χ0n) is 35.8. The van der Waals surface area contributed by atoms with E-state index in [1.807, 2.05) is 40.2 Å². The summed E-state index contributed by atoms with van der Waals surface area (Å²) in [4.78, 5) is 15.1. The first kappa shape index (κ1) is 40.4. The standard InChI is InChI=1S/C50H50B2N2S4/c1-27-17-31(5)43(32(6)18-27)51(44-33(7)19-28(2)20-34(44)8)39-13-15-55-47(39)50-54-26-42(58-50)41-25-40(48(57-41)49-53-14-16-56-49)52(45-35(9)21-29(3)22-36(45)10)46-37(11)23-30(4)24-38(46)12/h13-26H,1-12H3. The number of nitrogens with zero attached hydrogens (tertiary/aromatic N) is 2. The van der Waals surface area contributed by atoms with E-state index in [2.05, 4.69) is 161 Å². The van der Waals surface area contributed by atoms with Crippen LogP contribution in [-0.4, -0.2) is 23.4 Å². The van der Waals surface area contributed by atoms with Crippen molar-refractivity contribution in [3.05, 3.63) is 151 Å². The summed E-state index contributed by atoms with van der Waals surface area (Å²) in [6.07, 6.45) is 4.06. The van der Waals surface area contributed by atoms with Crippen molar-refractivity contribution in [2.75, 3.05) is 0 Å². The van der Waals surface area contributed by atoms with Crippen molar-refractivity contribution < 1.29 is 0 Å². The van der Waals surface area contributed by atoms with Gasteiger partial charge < -0.3 is 0 Å². The molecule has 0 aliphatic rings. The Morgan fingerprint density at radius 2 is 0.828 bits per heavy atom. The molecule has 0 fully saturated rings. The molecule has 0 N–H and O–H groups in total. The molecule has 8 heteroatoms. The molecule has 4 aromatic heterocycles.